The molecule has 6 heteroatoms. The highest BCUT2D eigenvalue weighted by Gasteiger charge is 2.33. The number of fused-ring (bicyclic) bond motifs is 8. The van der Waals surface area contributed by atoms with Crippen molar-refractivity contribution in [2.75, 3.05) is 0 Å². The Hall–Kier alpha value is -6.92. The van der Waals surface area contributed by atoms with Gasteiger partial charge in [0.2, 0.25) is 0 Å². The first kappa shape index (κ1) is 29.6. The SMILES string of the molecule is c1cncc(-c2ccc3c(c2)c2cc4c5c(c2n3-c2cccnc2)CCc2c-5c(cc3c5cc(-c6cccnc6)ccc5n(-c5cccnc5)c23)CC4)c1. The molecule has 6 heterocycles. The average Bonchev–Trinajstić information content (AvgIpc) is 3.76. The second kappa shape index (κ2) is 11.3. The number of rotatable bonds is 4. The summed E-state index contributed by atoms with van der Waals surface area (Å²) in [4.78, 5) is 18.0. The lowest BCUT2D eigenvalue weighted by Crippen LogP contribution is -2.16. The lowest BCUT2D eigenvalue weighted by atomic mass is 9.74. The molecule has 54 heavy (non-hydrogen) atoms. The van der Waals surface area contributed by atoms with Crippen LogP contribution >= 0.6 is 0 Å². The summed E-state index contributed by atoms with van der Waals surface area (Å²) in [5, 5.41) is 5.16. The van der Waals surface area contributed by atoms with Gasteiger partial charge in [-0.05, 0) is 143 Å². The van der Waals surface area contributed by atoms with E-state index in [4.69, 9.17) is 0 Å². The Morgan fingerprint density at radius 2 is 0.833 bits per heavy atom. The molecule has 2 aliphatic rings. The van der Waals surface area contributed by atoms with Crippen molar-refractivity contribution in [2.24, 2.45) is 0 Å². The van der Waals surface area contributed by atoms with Crippen molar-refractivity contribution in [1.82, 2.24) is 29.1 Å². The number of benzene rings is 4. The van der Waals surface area contributed by atoms with Crippen LogP contribution in [0.4, 0.5) is 0 Å². The highest BCUT2D eigenvalue weighted by atomic mass is 15.0. The predicted molar refractivity (Wildman–Crippen MR) is 217 cm³/mol. The Kier molecular flexibility index (Phi) is 6.20. The zero-order valence-electron chi connectivity index (χ0n) is 29.4. The number of aryl methyl sites for hydroxylation is 4. The van der Waals surface area contributed by atoms with Gasteiger partial charge in [-0.2, -0.15) is 0 Å². The van der Waals surface area contributed by atoms with Crippen molar-refractivity contribution >= 4 is 43.6 Å². The van der Waals surface area contributed by atoms with E-state index in [0.717, 1.165) is 48.2 Å². The summed E-state index contributed by atoms with van der Waals surface area (Å²) in [5.41, 5.74) is 20.4. The first-order chi connectivity index (χ1) is 26.8. The van der Waals surface area contributed by atoms with E-state index in [9.17, 15) is 0 Å². The summed E-state index contributed by atoms with van der Waals surface area (Å²) in [6.07, 6.45) is 19.2. The topological polar surface area (TPSA) is 61.4 Å². The highest BCUT2D eigenvalue weighted by Crippen LogP contribution is 2.51. The van der Waals surface area contributed by atoms with Crippen molar-refractivity contribution in [2.45, 2.75) is 25.7 Å². The fourth-order valence-corrected chi connectivity index (χ4v) is 9.59. The van der Waals surface area contributed by atoms with Gasteiger partial charge in [-0.3, -0.25) is 19.9 Å². The van der Waals surface area contributed by atoms with Gasteiger partial charge in [-0.25, -0.2) is 0 Å². The molecule has 4 aromatic carbocycles. The zero-order chi connectivity index (χ0) is 35.3. The minimum absolute atomic E-state index is 0.951. The Morgan fingerprint density at radius 1 is 0.389 bits per heavy atom. The molecule has 0 bridgehead atoms. The molecule has 2 aliphatic carbocycles. The second-order valence-electron chi connectivity index (χ2n) is 14.6. The predicted octanol–water partition coefficient (Wildman–Crippen LogP) is 10.7. The van der Waals surface area contributed by atoms with E-state index in [1.54, 1.807) is 0 Å². The van der Waals surface area contributed by atoms with Crippen LogP contribution in [0.1, 0.15) is 22.3 Å². The number of aromatic nitrogens is 6. The largest absolute Gasteiger partial charge is 0.307 e. The summed E-state index contributed by atoms with van der Waals surface area (Å²) in [6, 6.07) is 35.6. The van der Waals surface area contributed by atoms with Gasteiger partial charge >= 0.3 is 0 Å². The fraction of sp³-hybridized carbons (Fsp3) is 0.0833. The van der Waals surface area contributed by atoms with Crippen LogP contribution in [0.25, 0.3) is 88.4 Å². The van der Waals surface area contributed by atoms with Crippen molar-refractivity contribution in [3.8, 4) is 44.8 Å². The quantitative estimate of drug-likeness (QED) is 0.184. The maximum Gasteiger partial charge on any atom is 0.0645 e. The third kappa shape index (κ3) is 4.16. The normalized spacial score (nSPS) is 13.3. The molecule has 0 fully saturated rings. The minimum Gasteiger partial charge on any atom is -0.307 e. The van der Waals surface area contributed by atoms with Crippen LogP contribution in [-0.2, 0) is 25.7 Å². The molecular weight excluding hydrogens is 661 g/mol. The van der Waals surface area contributed by atoms with Gasteiger partial charge in [0.15, 0.2) is 0 Å². The van der Waals surface area contributed by atoms with Crippen LogP contribution in [0.2, 0.25) is 0 Å². The Balaban J connectivity index is 1.17. The number of hydrogen-bond acceptors (Lipinski definition) is 4. The van der Waals surface area contributed by atoms with E-state index in [1.165, 1.54) is 88.1 Å². The van der Waals surface area contributed by atoms with Crippen LogP contribution < -0.4 is 0 Å². The van der Waals surface area contributed by atoms with Crippen molar-refractivity contribution in [1.29, 1.82) is 0 Å². The number of hydrogen-bond donors (Lipinski definition) is 0. The van der Waals surface area contributed by atoms with Crippen LogP contribution in [-0.4, -0.2) is 29.1 Å². The number of nitrogens with zero attached hydrogens (tertiary/aromatic N) is 6. The third-order valence-electron chi connectivity index (χ3n) is 11.8. The summed E-state index contributed by atoms with van der Waals surface area (Å²) in [7, 11) is 0. The molecule has 254 valence electrons. The van der Waals surface area contributed by atoms with E-state index in [1.807, 2.05) is 73.8 Å². The molecule has 0 N–H and O–H groups in total. The van der Waals surface area contributed by atoms with E-state index < -0.39 is 0 Å². The minimum atomic E-state index is 0.951. The number of pyridine rings is 4. The van der Waals surface area contributed by atoms with E-state index in [2.05, 4.69) is 102 Å². The monoisotopic (exact) mass is 692 g/mol. The van der Waals surface area contributed by atoms with Gasteiger partial charge in [0.1, 0.15) is 0 Å². The molecule has 6 aromatic heterocycles. The summed E-state index contributed by atoms with van der Waals surface area (Å²) in [6.45, 7) is 0. The van der Waals surface area contributed by atoms with Crippen LogP contribution in [0.3, 0.4) is 0 Å². The maximum absolute atomic E-state index is 4.59. The fourth-order valence-electron chi connectivity index (χ4n) is 9.59. The van der Waals surface area contributed by atoms with Crippen molar-refractivity contribution in [3.05, 3.63) is 169 Å². The molecule has 0 amide bonds. The molecule has 0 atom stereocenters. The smallest absolute Gasteiger partial charge is 0.0645 e. The molecule has 10 aromatic rings. The summed E-state index contributed by atoms with van der Waals surface area (Å²) < 4.78 is 4.93. The summed E-state index contributed by atoms with van der Waals surface area (Å²) in [5.74, 6) is 0. The van der Waals surface area contributed by atoms with Crippen LogP contribution in [0.15, 0.2) is 147 Å². The van der Waals surface area contributed by atoms with Gasteiger partial charge < -0.3 is 9.13 Å². The second-order valence-corrected chi connectivity index (χ2v) is 14.6. The zero-order valence-corrected chi connectivity index (χ0v) is 29.4. The standard InChI is InChI=1S/C48H32N6/c1-5-33(25-49-17-1)29-11-15-43-39(21-29)41-23-31-9-10-32-24-42-40-22-30(34-6-2-18-50-26-34)12-16-44(40)54(36-8-4-20-52-28-36)48(42)38-14-13-37(45(31)46(32)38)47(41)53(43)35-7-3-19-51-27-35/h1-8,11-12,15-28H,9-10,13-14H2. The molecule has 0 spiro atoms. The van der Waals surface area contributed by atoms with Crippen LogP contribution in [0.5, 0.6) is 0 Å². The molecule has 0 saturated carbocycles. The van der Waals surface area contributed by atoms with E-state index in [-0.39, 0.29) is 0 Å². The maximum atomic E-state index is 4.59. The first-order valence-electron chi connectivity index (χ1n) is 18.7. The van der Waals surface area contributed by atoms with Crippen molar-refractivity contribution < 1.29 is 0 Å². The summed E-state index contributed by atoms with van der Waals surface area (Å²) >= 11 is 0. The lowest BCUT2D eigenvalue weighted by Gasteiger charge is -2.31. The third-order valence-corrected chi connectivity index (χ3v) is 11.8. The lowest BCUT2D eigenvalue weighted by molar-refractivity contribution is 0.883. The Bertz CT molecular complexity index is 2910. The molecule has 0 unspecified atom stereocenters. The average molecular weight is 693 g/mol. The first-order valence-corrected chi connectivity index (χ1v) is 18.7. The van der Waals surface area contributed by atoms with Crippen LogP contribution in [0, 0.1) is 0 Å². The molecule has 6 nitrogen and oxygen atoms in total. The Morgan fingerprint density at radius 3 is 1.24 bits per heavy atom. The van der Waals surface area contributed by atoms with Gasteiger partial charge in [0.25, 0.3) is 0 Å². The Labute approximate surface area is 311 Å². The van der Waals surface area contributed by atoms with Gasteiger partial charge in [0, 0.05) is 69.9 Å². The van der Waals surface area contributed by atoms with E-state index >= 15 is 0 Å². The van der Waals surface area contributed by atoms with Gasteiger partial charge in [0.05, 0.1) is 45.8 Å². The van der Waals surface area contributed by atoms with Gasteiger partial charge in [-0.1, -0.05) is 24.3 Å². The molecule has 0 saturated heterocycles. The molecule has 0 radical (unpaired) electrons. The molecular formula is C48H32N6. The molecule has 12 rings (SSSR count). The van der Waals surface area contributed by atoms with Gasteiger partial charge in [-0.15, -0.1) is 0 Å². The molecule has 0 aliphatic heterocycles. The van der Waals surface area contributed by atoms with E-state index in [0.29, 0.717) is 0 Å². The highest BCUT2D eigenvalue weighted by molar-refractivity contribution is 6.17. The van der Waals surface area contributed by atoms with Crippen molar-refractivity contribution in [3.63, 3.8) is 0 Å².